The zero-order valence-electron chi connectivity index (χ0n) is 11.6. The summed E-state index contributed by atoms with van der Waals surface area (Å²) in [6.07, 6.45) is 0. The highest BCUT2D eigenvalue weighted by molar-refractivity contribution is 5.53. The number of nitrogens with zero attached hydrogens (tertiary/aromatic N) is 2. The highest BCUT2D eigenvalue weighted by Crippen LogP contribution is 2.18. The molecule has 3 rings (SSSR count). The van der Waals surface area contributed by atoms with Gasteiger partial charge >= 0.3 is 0 Å². The Hall–Kier alpha value is -2.82. The Labute approximate surface area is 122 Å². The molecule has 1 heterocycles. The Bertz CT molecular complexity index is 710. The number of aromatic nitrogens is 2. The monoisotopic (exact) mass is 281 g/mol. The van der Waals surface area contributed by atoms with Gasteiger partial charge in [0.1, 0.15) is 5.75 Å². The van der Waals surface area contributed by atoms with Crippen LogP contribution in [0.25, 0.3) is 11.4 Å². The summed E-state index contributed by atoms with van der Waals surface area (Å²) >= 11 is 0. The van der Waals surface area contributed by atoms with Crippen LogP contribution < -0.4 is 10.1 Å². The van der Waals surface area contributed by atoms with Gasteiger partial charge in [-0.05, 0) is 12.1 Å². The van der Waals surface area contributed by atoms with Gasteiger partial charge in [0.2, 0.25) is 11.7 Å². The molecule has 5 heteroatoms. The third-order valence-corrected chi connectivity index (χ3v) is 3.01. The minimum atomic E-state index is 0.465. The van der Waals surface area contributed by atoms with Crippen LogP contribution in [0.3, 0.4) is 0 Å². The molecule has 3 aromatic rings. The first-order valence-electron chi connectivity index (χ1n) is 6.61. The lowest BCUT2D eigenvalue weighted by Gasteiger charge is -2.05. The van der Waals surface area contributed by atoms with Gasteiger partial charge in [-0.2, -0.15) is 4.98 Å². The van der Waals surface area contributed by atoms with Crippen molar-refractivity contribution in [2.75, 3.05) is 12.4 Å². The van der Waals surface area contributed by atoms with Gasteiger partial charge in [-0.25, -0.2) is 0 Å². The molecule has 0 saturated heterocycles. The van der Waals surface area contributed by atoms with Crippen molar-refractivity contribution in [3.8, 4) is 17.1 Å². The molecule has 0 radical (unpaired) electrons. The number of rotatable bonds is 5. The van der Waals surface area contributed by atoms with Crippen LogP contribution in [0.2, 0.25) is 0 Å². The molecule has 0 aliphatic heterocycles. The van der Waals surface area contributed by atoms with E-state index in [4.69, 9.17) is 9.26 Å². The summed E-state index contributed by atoms with van der Waals surface area (Å²) in [4.78, 5) is 4.37. The third-order valence-electron chi connectivity index (χ3n) is 3.01. The Morgan fingerprint density at radius 2 is 1.95 bits per heavy atom. The van der Waals surface area contributed by atoms with Crippen LogP contribution in [0.5, 0.6) is 5.75 Å². The highest BCUT2D eigenvalue weighted by atomic mass is 16.5. The molecular formula is C16H15N3O2. The van der Waals surface area contributed by atoms with Crippen LogP contribution in [0, 0.1) is 0 Å². The first-order valence-corrected chi connectivity index (χ1v) is 6.61. The fourth-order valence-corrected chi connectivity index (χ4v) is 1.94. The van der Waals surface area contributed by atoms with Crippen molar-refractivity contribution < 1.29 is 9.26 Å². The fraction of sp³-hybridized carbons (Fsp3) is 0.125. The van der Waals surface area contributed by atoms with E-state index in [2.05, 4.69) is 15.5 Å². The maximum atomic E-state index is 5.24. The number of anilines is 1. The second kappa shape index (κ2) is 6.09. The van der Waals surface area contributed by atoms with Gasteiger partial charge in [0, 0.05) is 17.3 Å². The third kappa shape index (κ3) is 3.20. The molecule has 0 fully saturated rings. The van der Waals surface area contributed by atoms with Crippen LogP contribution in [-0.2, 0) is 6.54 Å². The summed E-state index contributed by atoms with van der Waals surface area (Å²) in [7, 11) is 1.64. The molecule has 0 spiro atoms. The molecule has 0 atom stereocenters. The van der Waals surface area contributed by atoms with E-state index in [-0.39, 0.29) is 0 Å². The zero-order chi connectivity index (χ0) is 14.5. The van der Waals surface area contributed by atoms with Gasteiger partial charge in [-0.15, -0.1) is 0 Å². The van der Waals surface area contributed by atoms with Gasteiger partial charge in [-0.1, -0.05) is 41.6 Å². The Balaban J connectivity index is 1.67. The highest BCUT2D eigenvalue weighted by Gasteiger charge is 2.07. The predicted octanol–water partition coefficient (Wildman–Crippen LogP) is 3.36. The Morgan fingerprint density at radius 3 is 2.76 bits per heavy atom. The smallest absolute Gasteiger partial charge is 0.246 e. The van der Waals surface area contributed by atoms with Crippen molar-refractivity contribution in [1.82, 2.24) is 10.1 Å². The lowest BCUT2D eigenvalue weighted by Crippen LogP contribution is -1.99. The van der Waals surface area contributed by atoms with Crippen LogP contribution in [0.1, 0.15) is 5.89 Å². The average molecular weight is 281 g/mol. The van der Waals surface area contributed by atoms with Crippen LogP contribution in [0.4, 0.5) is 5.69 Å². The molecule has 0 bridgehead atoms. The van der Waals surface area contributed by atoms with Gasteiger partial charge in [0.25, 0.3) is 0 Å². The lowest BCUT2D eigenvalue weighted by atomic mass is 10.2. The molecule has 1 N–H and O–H groups in total. The number of ether oxygens (including phenoxy) is 1. The maximum Gasteiger partial charge on any atom is 0.246 e. The number of methoxy groups -OCH3 is 1. The van der Waals surface area contributed by atoms with Crippen LogP contribution >= 0.6 is 0 Å². The minimum absolute atomic E-state index is 0.465. The standard InChI is InChI=1S/C16H15N3O2/c1-20-14-9-5-8-13(10-14)17-11-15-18-16(19-21-15)12-6-3-2-4-7-12/h2-10,17H,11H2,1H3. The molecule has 21 heavy (non-hydrogen) atoms. The first-order chi connectivity index (χ1) is 10.3. The van der Waals surface area contributed by atoms with Crippen molar-refractivity contribution >= 4 is 5.69 Å². The summed E-state index contributed by atoms with van der Waals surface area (Å²) in [5.41, 5.74) is 1.88. The second-order valence-electron chi connectivity index (χ2n) is 4.46. The number of hydrogen-bond acceptors (Lipinski definition) is 5. The van der Waals surface area contributed by atoms with Gasteiger partial charge < -0.3 is 14.6 Å². The van der Waals surface area contributed by atoms with E-state index in [0.717, 1.165) is 17.0 Å². The van der Waals surface area contributed by atoms with E-state index in [9.17, 15) is 0 Å². The van der Waals surface area contributed by atoms with Gasteiger partial charge in [-0.3, -0.25) is 0 Å². The fourth-order valence-electron chi connectivity index (χ4n) is 1.94. The zero-order valence-corrected chi connectivity index (χ0v) is 11.6. The topological polar surface area (TPSA) is 60.2 Å². The van der Waals surface area contributed by atoms with E-state index in [1.807, 2.05) is 54.6 Å². The quantitative estimate of drug-likeness (QED) is 0.777. The Kier molecular flexibility index (Phi) is 3.82. The molecule has 0 amide bonds. The van der Waals surface area contributed by atoms with E-state index in [1.54, 1.807) is 7.11 Å². The molecule has 1 aromatic heterocycles. The van der Waals surface area contributed by atoms with E-state index >= 15 is 0 Å². The van der Waals surface area contributed by atoms with Crippen molar-refractivity contribution in [1.29, 1.82) is 0 Å². The normalized spacial score (nSPS) is 10.3. The SMILES string of the molecule is COc1cccc(NCc2nc(-c3ccccc3)no2)c1. The second-order valence-corrected chi connectivity index (χ2v) is 4.46. The lowest BCUT2D eigenvalue weighted by molar-refractivity contribution is 0.384. The number of benzene rings is 2. The van der Waals surface area contributed by atoms with Gasteiger partial charge in [0.15, 0.2) is 0 Å². The molecule has 0 saturated carbocycles. The summed E-state index contributed by atoms with van der Waals surface area (Å²) < 4.78 is 10.4. The van der Waals surface area contributed by atoms with Crippen molar-refractivity contribution in [2.24, 2.45) is 0 Å². The van der Waals surface area contributed by atoms with Crippen LogP contribution in [0.15, 0.2) is 59.1 Å². The van der Waals surface area contributed by atoms with E-state index < -0.39 is 0 Å². The van der Waals surface area contributed by atoms with Crippen molar-refractivity contribution in [3.63, 3.8) is 0 Å². The summed E-state index contributed by atoms with van der Waals surface area (Å²) in [5, 5.41) is 7.21. The Morgan fingerprint density at radius 1 is 1.10 bits per heavy atom. The van der Waals surface area contributed by atoms with Crippen molar-refractivity contribution in [2.45, 2.75) is 6.54 Å². The van der Waals surface area contributed by atoms with E-state index in [1.165, 1.54) is 0 Å². The molecular weight excluding hydrogens is 266 g/mol. The first kappa shape index (κ1) is 13.2. The number of hydrogen-bond donors (Lipinski definition) is 1. The largest absolute Gasteiger partial charge is 0.497 e. The average Bonchev–Trinajstić information content (AvgIpc) is 3.03. The molecule has 0 aliphatic carbocycles. The predicted molar refractivity (Wildman–Crippen MR) is 80.1 cm³/mol. The summed E-state index contributed by atoms with van der Waals surface area (Å²) in [6, 6.07) is 17.4. The molecule has 0 aliphatic rings. The summed E-state index contributed by atoms with van der Waals surface area (Å²) in [6.45, 7) is 0.465. The summed E-state index contributed by atoms with van der Waals surface area (Å²) in [5.74, 6) is 1.94. The minimum Gasteiger partial charge on any atom is -0.497 e. The molecule has 5 nitrogen and oxygen atoms in total. The molecule has 106 valence electrons. The molecule has 2 aromatic carbocycles. The number of nitrogens with one attached hydrogen (secondary N) is 1. The van der Waals surface area contributed by atoms with E-state index in [0.29, 0.717) is 18.3 Å². The van der Waals surface area contributed by atoms with Gasteiger partial charge in [0.05, 0.1) is 13.7 Å². The van der Waals surface area contributed by atoms with Crippen LogP contribution in [-0.4, -0.2) is 17.3 Å². The van der Waals surface area contributed by atoms with Crippen molar-refractivity contribution in [3.05, 3.63) is 60.5 Å². The maximum absolute atomic E-state index is 5.24. The molecule has 0 unspecified atom stereocenters.